The van der Waals surface area contributed by atoms with E-state index in [1.165, 1.54) is 50.8 Å². The van der Waals surface area contributed by atoms with Crippen LogP contribution in [0.15, 0.2) is 73.3 Å². The van der Waals surface area contributed by atoms with Crippen molar-refractivity contribution in [1.29, 1.82) is 0 Å². The van der Waals surface area contributed by atoms with Crippen LogP contribution in [0.1, 0.15) is 84.3 Å². The number of fused-ring (bicyclic) bond motifs is 1. The van der Waals surface area contributed by atoms with E-state index in [1.54, 1.807) is 6.92 Å². The fraction of sp³-hybridized carbons (Fsp3) is 0.609. The third-order valence-corrected chi connectivity index (χ3v) is 10.9. The molecule has 10 atom stereocenters. The van der Waals surface area contributed by atoms with Gasteiger partial charge in [-0.3, -0.25) is 49.5 Å². The lowest BCUT2D eigenvalue weighted by Crippen LogP contribution is -2.53. The zero-order valence-corrected chi connectivity index (χ0v) is 41.2. The number of carbonyl (C=O) groups excluding carboxylic acids is 4. The number of nitro groups is 3. The second-order valence-electron chi connectivity index (χ2n) is 16.9. The molecule has 2 aromatic carbocycles. The number of aldehydes is 2. The minimum absolute atomic E-state index is 0.01000. The quantitative estimate of drug-likeness (QED) is 0.0509. The summed E-state index contributed by atoms with van der Waals surface area (Å²) in [5, 5.41) is 74.9. The predicted octanol–water partition coefficient (Wildman–Crippen LogP) is 2.49. The molecular formula is C46H72BN5O18. The first-order chi connectivity index (χ1) is 32.8. The number of allylic oxidation sites excluding steroid dienone is 1. The van der Waals surface area contributed by atoms with Gasteiger partial charge in [0.15, 0.2) is 37.0 Å². The molecule has 0 spiro atoms. The van der Waals surface area contributed by atoms with Crippen LogP contribution in [0, 0.1) is 30.3 Å². The van der Waals surface area contributed by atoms with Crippen LogP contribution < -0.4 is 0 Å². The molecule has 4 fully saturated rings. The first kappa shape index (κ1) is 64.7. The molecule has 6 unspecified atom stereocenters. The summed E-state index contributed by atoms with van der Waals surface area (Å²) in [4.78, 5) is 69.8. The Kier molecular flexibility index (Phi) is 31.5. The molecular weight excluding hydrogens is 921 g/mol. The van der Waals surface area contributed by atoms with Crippen LogP contribution in [0.5, 0.6) is 0 Å². The number of aliphatic hydroxyl groups excluding tert-OH is 5. The summed E-state index contributed by atoms with van der Waals surface area (Å²) in [6, 6.07) is 20.8. The van der Waals surface area contributed by atoms with Crippen molar-refractivity contribution >= 4 is 31.2 Å². The van der Waals surface area contributed by atoms with Crippen molar-refractivity contribution in [1.82, 2.24) is 9.71 Å². The predicted molar refractivity (Wildman–Crippen MR) is 257 cm³/mol. The summed E-state index contributed by atoms with van der Waals surface area (Å²) < 4.78 is 16.5. The standard InChI is InChI=1S/C18H20BNO.C8H17NO3.C6H11NO5.C4H9NO3.C4H7NO3.C4H6O.C2H2O2/c1-19-20-14-8-13-17(20)18(21-19,15-9-4-2-5-10-15)16-11-6-3-7-12-16;1-5-4-6(9(2)3)7(10)8(11)12-5;1-3-2-4(7(10)11)5(8)6(9)12-3;2*1-4(6)2-3-5(7)8;1-3-4(2)5;3-1-2-4/h2-7,9-12,17H,8,13-14H2,1H3;5-8,10-11H,4H2,1-3H3;3-6,8-9H,2H2,1H3;4,6H,2-3H2,1H3;2-3H2,1H3;3H,1H2,2H3;1-2H/t17-;5?,6?,7?,8-;3?,4?,5?,6-;4-;;;/m0101.../s1. The molecule has 5 N–H and O–H groups in total. The highest BCUT2D eigenvalue weighted by molar-refractivity contribution is 6.48. The van der Waals surface area contributed by atoms with Crippen LogP contribution in [-0.2, 0) is 38.9 Å². The summed E-state index contributed by atoms with van der Waals surface area (Å²) in [7, 11) is 3.95. The largest absolute Gasteiger partial charge is 0.406 e. The van der Waals surface area contributed by atoms with Crippen LogP contribution in [-0.4, -0.2) is 176 Å². The average Bonchev–Trinajstić information content (AvgIpc) is 3.92. The number of nitrogens with zero attached hydrogens (tertiary/aromatic N) is 5. The topological polar surface area (TPSA) is 333 Å². The number of carbonyl (C=O) groups is 4. The number of aliphatic hydroxyl groups is 5. The highest BCUT2D eigenvalue weighted by atomic mass is 16.7. The van der Waals surface area contributed by atoms with Gasteiger partial charge in [0.05, 0.1) is 24.7 Å². The molecule has 0 saturated carbocycles. The van der Waals surface area contributed by atoms with Crippen LogP contribution in [0.4, 0.5) is 0 Å². The van der Waals surface area contributed by atoms with Crippen molar-refractivity contribution in [3.05, 3.63) is 115 Å². The van der Waals surface area contributed by atoms with Crippen LogP contribution in [0.3, 0.4) is 0 Å². The van der Waals surface area contributed by atoms with Gasteiger partial charge in [-0.1, -0.05) is 67.2 Å². The van der Waals surface area contributed by atoms with E-state index in [4.69, 9.17) is 39.0 Å². The SMILES string of the molecule is C=CC(C)=O.CB1OC(c2ccccc2)(c2ccccc2)[C@@H]2CCCN12.CC(=O)CC[N+](=O)[O-].CC1CC(N(C)C)C(O)[C@H](O)O1.CC1CC([N+](=O)[O-])C(O)[C@@H](O)O1.C[C@@H](O)CC[N+](=O)[O-].O=CC=O. The van der Waals surface area contributed by atoms with E-state index in [0.29, 0.717) is 6.04 Å². The lowest BCUT2D eigenvalue weighted by molar-refractivity contribution is -0.550. The zero-order valence-electron chi connectivity index (χ0n) is 41.2. The lowest BCUT2D eigenvalue weighted by Gasteiger charge is -2.38. The molecule has 0 amide bonds. The summed E-state index contributed by atoms with van der Waals surface area (Å²) >= 11 is 0. The Morgan fingerprint density at radius 2 is 1.31 bits per heavy atom. The van der Waals surface area contributed by atoms with Gasteiger partial charge in [0.1, 0.15) is 17.5 Å². The maximum Gasteiger partial charge on any atom is 0.380 e. The number of Topliss-reactive ketones (excluding diaryl/α,β-unsaturated/α-hetero) is 1. The second-order valence-corrected chi connectivity index (χ2v) is 16.9. The Morgan fingerprint density at radius 3 is 1.67 bits per heavy atom. The maximum atomic E-state index is 10.3. The van der Waals surface area contributed by atoms with Crippen molar-refractivity contribution < 1.29 is 73.6 Å². The molecule has 24 heteroatoms. The molecule has 2 aromatic rings. The Morgan fingerprint density at radius 1 is 0.857 bits per heavy atom. The maximum absolute atomic E-state index is 10.3. The molecule has 4 heterocycles. The van der Waals surface area contributed by atoms with Gasteiger partial charge in [0.25, 0.3) is 0 Å². The Hall–Kier alpha value is -5.28. The van der Waals surface area contributed by atoms with E-state index in [1.807, 2.05) is 25.9 Å². The third kappa shape index (κ3) is 23.6. The molecule has 0 aliphatic carbocycles. The van der Waals surface area contributed by atoms with E-state index < -0.39 is 57.8 Å². The van der Waals surface area contributed by atoms with Crippen molar-refractivity contribution in [2.24, 2.45) is 0 Å². The summed E-state index contributed by atoms with van der Waals surface area (Å²) in [6.45, 7) is 14.0. The van der Waals surface area contributed by atoms with Crippen LogP contribution >= 0.6 is 0 Å². The highest BCUT2D eigenvalue weighted by Gasteiger charge is 2.56. The molecule has 23 nitrogen and oxygen atoms in total. The van der Waals surface area contributed by atoms with E-state index in [-0.39, 0.29) is 81.3 Å². The Bertz CT molecular complexity index is 1820. The van der Waals surface area contributed by atoms with Gasteiger partial charge in [-0.15, -0.1) is 0 Å². The molecule has 4 aliphatic rings. The number of hydrogen-bond acceptors (Lipinski definition) is 20. The number of rotatable bonds is 12. The summed E-state index contributed by atoms with van der Waals surface area (Å²) in [6.07, 6.45) is -0.322. The number of hydrogen-bond donors (Lipinski definition) is 5. The highest BCUT2D eigenvalue weighted by Crippen LogP contribution is 2.48. The van der Waals surface area contributed by atoms with Gasteiger partial charge in [-0.25, -0.2) is 0 Å². The Balaban J connectivity index is 0.000000853. The molecule has 6 rings (SSSR count). The van der Waals surface area contributed by atoms with Crippen molar-refractivity contribution in [2.45, 2.75) is 147 Å². The van der Waals surface area contributed by atoms with E-state index >= 15 is 0 Å². The monoisotopic (exact) mass is 993 g/mol. The van der Waals surface area contributed by atoms with E-state index in [2.05, 4.69) is 78.9 Å². The molecule has 4 saturated heterocycles. The molecule has 0 radical (unpaired) electrons. The molecule has 70 heavy (non-hydrogen) atoms. The van der Waals surface area contributed by atoms with E-state index in [9.17, 15) is 50.1 Å². The van der Waals surface area contributed by atoms with Gasteiger partial charge in [-0.2, -0.15) is 0 Å². The molecule has 0 bridgehead atoms. The fourth-order valence-corrected chi connectivity index (χ4v) is 7.49. The first-order valence-corrected chi connectivity index (χ1v) is 22.6. The zero-order chi connectivity index (χ0) is 53.7. The normalized spacial score (nSPS) is 25.3. The second kappa shape index (κ2) is 34.1. The van der Waals surface area contributed by atoms with Gasteiger partial charge in [0, 0.05) is 39.7 Å². The minimum atomic E-state index is -1.44. The smallest absolute Gasteiger partial charge is 0.380 e. The fourth-order valence-electron chi connectivity index (χ4n) is 7.49. The minimum Gasteiger partial charge on any atom is -0.406 e. The van der Waals surface area contributed by atoms with Gasteiger partial charge in [-0.05, 0) is 98.5 Å². The number of likely N-dealkylation sites (N-methyl/N-ethyl adjacent to an activating group) is 1. The number of ether oxygens (including phenoxy) is 2. The van der Waals surface area contributed by atoms with E-state index in [0.717, 1.165) is 13.0 Å². The average molecular weight is 994 g/mol. The molecule has 4 aliphatic heterocycles. The van der Waals surface area contributed by atoms with Gasteiger partial charge >= 0.3 is 7.05 Å². The van der Waals surface area contributed by atoms with Crippen molar-refractivity contribution in [2.75, 3.05) is 33.7 Å². The third-order valence-electron chi connectivity index (χ3n) is 10.9. The van der Waals surface area contributed by atoms with Gasteiger partial charge in [0.2, 0.25) is 19.1 Å². The molecule has 392 valence electrons. The summed E-state index contributed by atoms with van der Waals surface area (Å²) in [5.41, 5.74) is 2.23. The number of benzene rings is 2. The first-order valence-electron chi connectivity index (χ1n) is 22.6. The van der Waals surface area contributed by atoms with Crippen molar-refractivity contribution in [3.8, 4) is 0 Å². The van der Waals surface area contributed by atoms with Crippen molar-refractivity contribution in [3.63, 3.8) is 0 Å². The van der Waals surface area contributed by atoms with Crippen LogP contribution in [0.2, 0.25) is 6.82 Å². The Labute approximate surface area is 409 Å². The molecule has 0 aromatic heterocycles. The lowest BCUT2D eigenvalue weighted by atomic mass is 9.79. The van der Waals surface area contributed by atoms with Gasteiger partial charge < -0.3 is 49.4 Å². The number of ketones is 2. The summed E-state index contributed by atoms with van der Waals surface area (Å²) in [5.74, 6) is -0.119. The van der Waals surface area contributed by atoms with Crippen LogP contribution in [0.25, 0.3) is 0 Å².